The number of para-hydroxylation sites is 1. The summed E-state index contributed by atoms with van der Waals surface area (Å²) in [5.74, 6) is 1.52. The van der Waals surface area contributed by atoms with Gasteiger partial charge in [0.1, 0.15) is 11.5 Å². The van der Waals surface area contributed by atoms with E-state index < -0.39 is 0 Å². The number of methoxy groups -OCH3 is 1. The number of hydrogen-bond donors (Lipinski definition) is 1. The van der Waals surface area contributed by atoms with Gasteiger partial charge in [-0.2, -0.15) is 0 Å². The lowest BCUT2D eigenvalue weighted by molar-refractivity contribution is -0.117. The third kappa shape index (κ3) is 6.20. The van der Waals surface area contributed by atoms with E-state index in [0.29, 0.717) is 13.2 Å². The zero-order valence-corrected chi connectivity index (χ0v) is 14.7. The second-order valence-electron chi connectivity index (χ2n) is 5.03. The van der Waals surface area contributed by atoms with Crippen molar-refractivity contribution in [3.8, 4) is 11.5 Å². The van der Waals surface area contributed by atoms with E-state index in [9.17, 15) is 4.79 Å². The lowest BCUT2D eigenvalue weighted by Gasteiger charge is -2.18. The van der Waals surface area contributed by atoms with Crippen LogP contribution in [0.3, 0.4) is 0 Å². The summed E-state index contributed by atoms with van der Waals surface area (Å²) in [7, 11) is 3.39. The van der Waals surface area contributed by atoms with Crippen molar-refractivity contribution in [2.45, 2.75) is 0 Å². The predicted octanol–water partition coefficient (Wildman–Crippen LogP) is 3.10. The third-order valence-electron chi connectivity index (χ3n) is 3.34. The van der Waals surface area contributed by atoms with Gasteiger partial charge in [0.05, 0.1) is 13.2 Å². The molecule has 0 bridgehead atoms. The van der Waals surface area contributed by atoms with Gasteiger partial charge < -0.3 is 19.7 Å². The highest BCUT2D eigenvalue weighted by Gasteiger charge is 2.10. The summed E-state index contributed by atoms with van der Waals surface area (Å²) in [6.45, 7) is 1.52. The molecule has 0 saturated carbocycles. The summed E-state index contributed by atoms with van der Waals surface area (Å²) in [4.78, 5) is 13.7. The molecule has 5 nitrogen and oxygen atoms in total. The van der Waals surface area contributed by atoms with Crippen molar-refractivity contribution < 1.29 is 14.3 Å². The lowest BCUT2D eigenvalue weighted by atomic mass is 10.2. The van der Waals surface area contributed by atoms with Crippen LogP contribution in [0, 0.1) is 0 Å². The van der Waals surface area contributed by atoms with Crippen LogP contribution in [0.2, 0.25) is 0 Å². The first-order valence-electron chi connectivity index (χ1n) is 7.50. The highest BCUT2D eigenvalue weighted by molar-refractivity contribution is 5.94. The van der Waals surface area contributed by atoms with Crippen molar-refractivity contribution in [1.29, 1.82) is 0 Å². The molecule has 0 spiro atoms. The Labute approximate surface area is 149 Å². The molecule has 2 aromatic carbocycles. The van der Waals surface area contributed by atoms with Gasteiger partial charge in [-0.3, -0.25) is 4.79 Å². The van der Waals surface area contributed by atoms with Crippen molar-refractivity contribution in [3.05, 3.63) is 54.6 Å². The minimum Gasteiger partial charge on any atom is -0.457 e. The number of amides is 1. The molecule has 2 rings (SSSR count). The molecule has 0 heterocycles. The number of carbonyl (C=O) groups excluding carboxylic acids is 1. The standard InChI is InChI=1S/C18H22N2O3.ClH/c1-20(18(21)14-19-12-13-22-2)15-8-10-17(11-9-15)23-16-6-4-3-5-7-16;/h3-11,19H,12-14H2,1-2H3;1H. The van der Waals surface area contributed by atoms with Crippen molar-refractivity contribution >= 4 is 24.0 Å². The molecular formula is C18H23ClN2O3. The molecule has 6 heteroatoms. The van der Waals surface area contributed by atoms with Crippen LogP contribution in [-0.2, 0) is 9.53 Å². The van der Waals surface area contributed by atoms with Gasteiger partial charge in [0.15, 0.2) is 0 Å². The Kier molecular flexibility index (Phi) is 8.86. The minimum absolute atomic E-state index is 0. The maximum absolute atomic E-state index is 12.1. The zero-order chi connectivity index (χ0) is 16.5. The van der Waals surface area contributed by atoms with Gasteiger partial charge in [-0.25, -0.2) is 0 Å². The Morgan fingerprint density at radius 1 is 1.04 bits per heavy atom. The average molecular weight is 351 g/mol. The van der Waals surface area contributed by atoms with E-state index in [4.69, 9.17) is 9.47 Å². The Bertz CT molecular complexity index is 605. The quantitative estimate of drug-likeness (QED) is 0.743. The number of halogens is 1. The number of ether oxygens (including phenoxy) is 2. The topological polar surface area (TPSA) is 50.8 Å². The van der Waals surface area contributed by atoms with E-state index in [2.05, 4.69) is 5.32 Å². The van der Waals surface area contributed by atoms with Crippen LogP contribution in [0.1, 0.15) is 0 Å². The summed E-state index contributed by atoms with van der Waals surface area (Å²) < 4.78 is 10.7. The predicted molar refractivity (Wildman–Crippen MR) is 98.4 cm³/mol. The molecule has 0 radical (unpaired) electrons. The molecule has 0 aliphatic rings. The Hall–Kier alpha value is -2.08. The highest BCUT2D eigenvalue weighted by Crippen LogP contribution is 2.23. The Morgan fingerprint density at radius 2 is 1.67 bits per heavy atom. The smallest absolute Gasteiger partial charge is 0.240 e. The SMILES string of the molecule is COCCNCC(=O)N(C)c1ccc(Oc2ccccc2)cc1.Cl. The van der Waals surface area contributed by atoms with Gasteiger partial charge in [0.2, 0.25) is 5.91 Å². The molecule has 1 N–H and O–H groups in total. The molecule has 2 aromatic rings. The molecule has 0 atom stereocenters. The molecule has 0 aromatic heterocycles. The second kappa shape index (κ2) is 10.6. The molecule has 130 valence electrons. The first-order valence-corrected chi connectivity index (χ1v) is 7.50. The summed E-state index contributed by atoms with van der Waals surface area (Å²) >= 11 is 0. The van der Waals surface area contributed by atoms with Gasteiger partial charge in [0.25, 0.3) is 0 Å². The molecule has 0 saturated heterocycles. The number of nitrogens with one attached hydrogen (secondary N) is 1. The van der Waals surface area contributed by atoms with Gasteiger partial charge in [-0.05, 0) is 36.4 Å². The number of rotatable bonds is 8. The van der Waals surface area contributed by atoms with Crippen LogP contribution < -0.4 is 15.0 Å². The van der Waals surface area contributed by atoms with E-state index >= 15 is 0 Å². The van der Waals surface area contributed by atoms with Crippen LogP contribution >= 0.6 is 12.4 Å². The monoisotopic (exact) mass is 350 g/mol. The van der Waals surface area contributed by atoms with E-state index in [1.807, 2.05) is 54.6 Å². The van der Waals surface area contributed by atoms with Gasteiger partial charge >= 0.3 is 0 Å². The number of benzene rings is 2. The van der Waals surface area contributed by atoms with Crippen LogP contribution in [0.5, 0.6) is 11.5 Å². The summed E-state index contributed by atoms with van der Waals surface area (Å²) in [5.41, 5.74) is 0.823. The summed E-state index contributed by atoms with van der Waals surface area (Å²) in [5, 5.41) is 3.04. The van der Waals surface area contributed by atoms with Gasteiger partial charge in [-0.1, -0.05) is 18.2 Å². The van der Waals surface area contributed by atoms with Crippen LogP contribution in [0.4, 0.5) is 5.69 Å². The Balaban J connectivity index is 0.00000288. The maximum Gasteiger partial charge on any atom is 0.240 e. The third-order valence-corrected chi connectivity index (χ3v) is 3.34. The Morgan fingerprint density at radius 3 is 2.29 bits per heavy atom. The molecule has 0 aliphatic carbocycles. The van der Waals surface area contributed by atoms with Crippen molar-refractivity contribution in [2.75, 3.05) is 38.8 Å². The van der Waals surface area contributed by atoms with Crippen molar-refractivity contribution in [3.63, 3.8) is 0 Å². The molecule has 0 fully saturated rings. The van der Waals surface area contributed by atoms with E-state index in [1.54, 1.807) is 19.1 Å². The van der Waals surface area contributed by atoms with Gasteiger partial charge in [-0.15, -0.1) is 12.4 Å². The largest absolute Gasteiger partial charge is 0.457 e. The molecule has 1 amide bonds. The lowest BCUT2D eigenvalue weighted by Crippen LogP contribution is -2.36. The molecular weight excluding hydrogens is 328 g/mol. The normalized spacial score (nSPS) is 9.92. The van der Waals surface area contributed by atoms with Crippen LogP contribution in [0.15, 0.2) is 54.6 Å². The fraction of sp³-hybridized carbons (Fsp3) is 0.278. The van der Waals surface area contributed by atoms with Gasteiger partial charge in [0, 0.05) is 26.4 Å². The number of hydrogen-bond acceptors (Lipinski definition) is 4. The number of anilines is 1. The number of nitrogens with zero attached hydrogens (tertiary/aromatic N) is 1. The highest BCUT2D eigenvalue weighted by atomic mass is 35.5. The fourth-order valence-corrected chi connectivity index (χ4v) is 1.99. The summed E-state index contributed by atoms with van der Waals surface area (Å²) in [6, 6.07) is 17.0. The maximum atomic E-state index is 12.1. The fourth-order valence-electron chi connectivity index (χ4n) is 1.99. The first-order chi connectivity index (χ1) is 11.2. The number of likely N-dealkylation sites (N-methyl/N-ethyl adjacent to an activating group) is 1. The average Bonchev–Trinajstić information content (AvgIpc) is 2.59. The minimum atomic E-state index is -0.00201. The second-order valence-corrected chi connectivity index (χ2v) is 5.03. The van der Waals surface area contributed by atoms with Crippen molar-refractivity contribution in [1.82, 2.24) is 5.32 Å². The van der Waals surface area contributed by atoms with Crippen LogP contribution in [0.25, 0.3) is 0 Å². The molecule has 0 aliphatic heterocycles. The van der Waals surface area contributed by atoms with Crippen molar-refractivity contribution in [2.24, 2.45) is 0 Å². The summed E-state index contributed by atoms with van der Waals surface area (Å²) in [6.07, 6.45) is 0. The van der Waals surface area contributed by atoms with Crippen LogP contribution in [-0.4, -0.2) is 39.8 Å². The van der Waals surface area contributed by atoms with E-state index in [0.717, 1.165) is 17.2 Å². The molecule has 0 unspecified atom stereocenters. The zero-order valence-electron chi connectivity index (χ0n) is 13.9. The first kappa shape index (κ1) is 20.0. The molecule has 24 heavy (non-hydrogen) atoms. The number of carbonyl (C=O) groups is 1. The van der Waals surface area contributed by atoms with E-state index in [-0.39, 0.29) is 24.9 Å². The van der Waals surface area contributed by atoms with E-state index in [1.165, 1.54) is 0 Å².